The fraction of sp³-hybridized carbons (Fsp3) is 0.588. The number of rotatable bonds is 0. The van der Waals surface area contributed by atoms with Gasteiger partial charge in [-0.3, -0.25) is 4.98 Å². The summed E-state index contributed by atoms with van der Waals surface area (Å²) < 4.78 is 0. The summed E-state index contributed by atoms with van der Waals surface area (Å²) in [5, 5.41) is 11.2. The molecular formula is C17H21NO. The van der Waals surface area contributed by atoms with Crippen molar-refractivity contribution in [3.05, 3.63) is 35.7 Å². The lowest BCUT2D eigenvalue weighted by atomic mass is 9.56. The first kappa shape index (κ1) is 11.7. The molecule has 3 aliphatic rings. The van der Waals surface area contributed by atoms with E-state index in [2.05, 4.69) is 23.2 Å². The first-order chi connectivity index (χ1) is 9.29. The molecule has 1 N–H and O–H groups in total. The molecule has 2 nitrogen and oxygen atoms in total. The number of fused-ring (bicyclic) bond motifs is 5. The van der Waals surface area contributed by atoms with E-state index in [1.54, 1.807) is 0 Å². The average Bonchev–Trinajstić information content (AvgIpc) is 2.46. The first-order valence-electron chi connectivity index (χ1n) is 7.64. The Bertz CT molecular complexity index is 524. The van der Waals surface area contributed by atoms with Crippen molar-refractivity contribution in [2.24, 2.45) is 11.8 Å². The van der Waals surface area contributed by atoms with Crippen LogP contribution in [0.1, 0.15) is 55.7 Å². The quantitative estimate of drug-likeness (QED) is 0.769. The molecule has 1 aromatic heterocycles. The molecule has 4 atom stereocenters. The maximum absolute atomic E-state index is 11.2. The van der Waals surface area contributed by atoms with Gasteiger partial charge in [-0.15, -0.1) is 0 Å². The van der Waals surface area contributed by atoms with Crippen LogP contribution < -0.4 is 0 Å². The lowest BCUT2D eigenvalue weighted by molar-refractivity contribution is -0.111. The van der Waals surface area contributed by atoms with Crippen molar-refractivity contribution in [3.8, 4) is 0 Å². The second-order valence-corrected chi connectivity index (χ2v) is 6.48. The van der Waals surface area contributed by atoms with Gasteiger partial charge in [0.25, 0.3) is 0 Å². The zero-order valence-electron chi connectivity index (χ0n) is 11.3. The third-order valence-corrected chi connectivity index (χ3v) is 5.63. The van der Waals surface area contributed by atoms with Crippen molar-refractivity contribution >= 4 is 6.08 Å². The van der Waals surface area contributed by atoms with E-state index < -0.39 is 5.60 Å². The van der Waals surface area contributed by atoms with Crippen LogP contribution >= 0.6 is 0 Å². The monoisotopic (exact) mass is 255 g/mol. The topological polar surface area (TPSA) is 33.1 Å². The predicted octanol–water partition coefficient (Wildman–Crippen LogP) is 3.52. The van der Waals surface area contributed by atoms with E-state index in [0.717, 1.165) is 6.42 Å². The lowest BCUT2D eigenvalue weighted by Crippen LogP contribution is -2.52. The fourth-order valence-electron chi connectivity index (χ4n) is 4.69. The minimum absolute atomic E-state index is 0.286. The maximum atomic E-state index is 11.2. The molecule has 19 heavy (non-hydrogen) atoms. The van der Waals surface area contributed by atoms with Crippen molar-refractivity contribution in [1.29, 1.82) is 0 Å². The van der Waals surface area contributed by atoms with Crippen molar-refractivity contribution < 1.29 is 5.11 Å². The van der Waals surface area contributed by atoms with Crippen molar-refractivity contribution in [3.63, 3.8) is 0 Å². The SMILES string of the molecule is OC12CCCC[C@@H]1CC[C@@H]1c3ncccc3C=C[C@@H]12. The van der Waals surface area contributed by atoms with Crippen molar-refractivity contribution in [2.75, 3.05) is 0 Å². The van der Waals surface area contributed by atoms with E-state index in [4.69, 9.17) is 0 Å². The third-order valence-electron chi connectivity index (χ3n) is 5.63. The molecule has 100 valence electrons. The number of pyridine rings is 1. The zero-order valence-corrected chi connectivity index (χ0v) is 11.3. The van der Waals surface area contributed by atoms with E-state index in [9.17, 15) is 5.11 Å². The van der Waals surface area contributed by atoms with Crippen LogP contribution in [0.2, 0.25) is 0 Å². The lowest BCUT2D eigenvalue weighted by Gasteiger charge is -2.52. The second kappa shape index (κ2) is 4.17. The third kappa shape index (κ3) is 1.62. The van der Waals surface area contributed by atoms with Crippen molar-refractivity contribution in [1.82, 2.24) is 4.98 Å². The Kier molecular flexibility index (Phi) is 2.56. The van der Waals surface area contributed by atoms with Gasteiger partial charge >= 0.3 is 0 Å². The molecule has 1 heterocycles. The summed E-state index contributed by atoms with van der Waals surface area (Å²) in [7, 11) is 0. The zero-order chi connectivity index (χ0) is 12.9. The first-order valence-corrected chi connectivity index (χ1v) is 7.64. The summed E-state index contributed by atoms with van der Waals surface area (Å²) in [4.78, 5) is 4.61. The Labute approximate surface area is 114 Å². The Morgan fingerprint density at radius 2 is 2.16 bits per heavy atom. The highest BCUT2D eigenvalue weighted by Gasteiger charge is 2.51. The summed E-state index contributed by atoms with van der Waals surface area (Å²) in [5.74, 6) is 1.23. The fourth-order valence-corrected chi connectivity index (χ4v) is 4.69. The normalized spacial score (nSPS) is 40.2. The van der Waals surface area contributed by atoms with E-state index in [-0.39, 0.29) is 5.92 Å². The van der Waals surface area contributed by atoms with Gasteiger partial charge in [-0.05, 0) is 43.2 Å². The molecular weight excluding hydrogens is 234 g/mol. The molecule has 1 unspecified atom stereocenters. The van der Waals surface area contributed by atoms with E-state index in [0.29, 0.717) is 11.8 Å². The Balaban J connectivity index is 1.77. The van der Waals surface area contributed by atoms with E-state index >= 15 is 0 Å². The van der Waals surface area contributed by atoms with Crippen LogP contribution in [-0.2, 0) is 0 Å². The van der Waals surface area contributed by atoms with Gasteiger partial charge in [-0.1, -0.05) is 31.1 Å². The molecule has 0 bridgehead atoms. The Morgan fingerprint density at radius 1 is 1.21 bits per heavy atom. The van der Waals surface area contributed by atoms with Gasteiger partial charge < -0.3 is 5.11 Å². The van der Waals surface area contributed by atoms with E-state index in [1.807, 2.05) is 12.3 Å². The smallest absolute Gasteiger partial charge is 0.0744 e. The Morgan fingerprint density at radius 3 is 3.11 bits per heavy atom. The number of nitrogens with zero attached hydrogens (tertiary/aromatic N) is 1. The molecule has 2 fully saturated rings. The van der Waals surface area contributed by atoms with Crippen LogP contribution in [0.15, 0.2) is 24.4 Å². The van der Waals surface area contributed by atoms with Crippen LogP contribution in [0.25, 0.3) is 6.08 Å². The molecule has 2 heteroatoms. The van der Waals surface area contributed by atoms with Gasteiger partial charge in [0.2, 0.25) is 0 Å². The van der Waals surface area contributed by atoms with Gasteiger partial charge in [0.05, 0.1) is 11.3 Å². The number of hydrogen-bond acceptors (Lipinski definition) is 2. The minimum Gasteiger partial charge on any atom is -0.389 e. The maximum Gasteiger partial charge on any atom is 0.0744 e. The van der Waals surface area contributed by atoms with Crippen molar-refractivity contribution in [2.45, 2.75) is 50.0 Å². The van der Waals surface area contributed by atoms with Crippen LogP contribution in [-0.4, -0.2) is 15.7 Å². The molecule has 1 aromatic rings. The van der Waals surface area contributed by atoms with Gasteiger partial charge in [0, 0.05) is 18.0 Å². The van der Waals surface area contributed by atoms with Gasteiger partial charge in [-0.2, -0.15) is 0 Å². The predicted molar refractivity (Wildman–Crippen MR) is 75.6 cm³/mol. The molecule has 3 aliphatic carbocycles. The van der Waals surface area contributed by atoms with Gasteiger partial charge in [0.15, 0.2) is 0 Å². The largest absolute Gasteiger partial charge is 0.389 e. The summed E-state index contributed by atoms with van der Waals surface area (Å²) in [6, 6.07) is 4.15. The number of hydrogen-bond donors (Lipinski definition) is 1. The Hall–Kier alpha value is -1.15. The molecule has 0 amide bonds. The molecule has 0 aliphatic heterocycles. The number of aromatic nitrogens is 1. The molecule has 0 spiro atoms. The minimum atomic E-state index is -0.465. The molecule has 0 saturated heterocycles. The summed E-state index contributed by atoms with van der Waals surface area (Å²) >= 11 is 0. The van der Waals surface area contributed by atoms with Gasteiger partial charge in [0.1, 0.15) is 0 Å². The number of aliphatic hydroxyl groups is 1. The molecule has 4 rings (SSSR count). The molecule has 2 saturated carbocycles. The van der Waals surface area contributed by atoms with Crippen LogP contribution in [0.5, 0.6) is 0 Å². The van der Waals surface area contributed by atoms with Gasteiger partial charge in [-0.25, -0.2) is 0 Å². The molecule has 0 radical (unpaired) electrons. The van der Waals surface area contributed by atoms with Crippen LogP contribution in [0.4, 0.5) is 0 Å². The highest BCUT2D eigenvalue weighted by Crippen LogP contribution is 2.54. The van der Waals surface area contributed by atoms with Crippen LogP contribution in [0, 0.1) is 11.8 Å². The molecule has 0 aromatic carbocycles. The van der Waals surface area contributed by atoms with Crippen LogP contribution in [0.3, 0.4) is 0 Å². The average molecular weight is 255 g/mol. The summed E-state index contributed by atoms with van der Waals surface area (Å²) in [6.07, 6.45) is 13.4. The second-order valence-electron chi connectivity index (χ2n) is 6.48. The summed E-state index contributed by atoms with van der Waals surface area (Å²) in [5.41, 5.74) is 2.00. The highest BCUT2D eigenvalue weighted by molar-refractivity contribution is 5.57. The van der Waals surface area contributed by atoms with E-state index in [1.165, 1.54) is 43.4 Å². The summed E-state index contributed by atoms with van der Waals surface area (Å²) in [6.45, 7) is 0. The standard InChI is InChI=1S/C17H21NO/c19-17-10-2-1-5-13(17)7-8-14-15(17)9-6-12-4-3-11-18-16(12)14/h3-4,6,9,11,13-15,19H,1-2,5,7-8,10H2/t13-,14+,15+,17?/m1/s1. The highest BCUT2D eigenvalue weighted by atomic mass is 16.3.